The Morgan fingerprint density at radius 3 is 1.75 bits per heavy atom. The maximum atomic E-state index is 4.26. The molecule has 0 fully saturated rings. The number of hydrogen-bond acceptors (Lipinski definition) is 3. The van der Waals surface area contributed by atoms with Crippen molar-refractivity contribution in [3.8, 4) is 0 Å². The fourth-order valence-electron chi connectivity index (χ4n) is 1.95. The van der Waals surface area contributed by atoms with Crippen molar-refractivity contribution in [1.82, 2.24) is 0 Å². The van der Waals surface area contributed by atoms with Gasteiger partial charge in [-0.1, -0.05) is 25.5 Å². The summed E-state index contributed by atoms with van der Waals surface area (Å²) in [4.78, 5) is 2.06. The highest BCUT2D eigenvalue weighted by molar-refractivity contribution is 5.52. The first-order chi connectivity index (χ1) is 9.69. The third-order valence-electron chi connectivity index (χ3n) is 3.12. The topological polar surface area (TPSA) is 28.0 Å². The highest BCUT2D eigenvalue weighted by atomic mass is 15.1. The van der Waals surface area contributed by atoms with Crippen LogP contribution < -0.4 is 4.90 Å². The number of benzene rings is 2. The van der Waals surface area contributed by atoms with E-state index < -0.39 is 0 Å². The van der Waals surface area contributed by atoms with E-state index in [2.05, 4.69) is 34.2 Å². The van der Waals surface area contributed by atoms with Crippen molar-refractivity contribution in [2.24, 2.45) is 10.2 Å². The number of hydrogen-bond donors (Lipinski definition) is 0. The highest BCUT2D eigenvalue weighted by Gasteiger charge is 1.96. The van der Waals surface area contributed by atoms with Gasteiger partial charge in [0.1, 0.15) is 0 Å². The zero-order valence-corrected chi connectivity index (χ0v) is 12.4. The molecule has 20 heavy (non-hydrogen) atoms. The van der Waals surface area contributed by atoms with Crippen molar-refractivity contribution in [3.05, 3.63) is 54.1 Å². The summed E-state index contributed by atoms with van der Waals surface area (Å²) in [5.41, 5.74) is 4.27. The second kappa shape index (κ2) is 6.85. The Hall–Kier alpha value is -2.16. The van der Waals surface area contributed by atoms with Crippen molar-refractivity contribution in [1.29, 1.82) is 0 Å². The molecule has 0 unspecified atom stereocenters. The Bertz CT molecular complexity index is 554. The third-order valence-corrected chi connectivity index (χ3v) is 3.12. The third kappa shape index (κ3) is 3.92. The van der Waals surface area contributed by atoms with Gasteiger partial charge in [0.25, 0.3) is 0 Å². The summed E-state index contributed by atoms with van der Waals surface area (Å²) >= 11 is 0. The van der Waals surface area contributed by atoms with Gasteiger partial charge < -0.3 is 4.90 Å². The molecule has 2 rings (SSSR count). The summed E-state index contributed by atoms with van der Waals surface area (Å²) in [7, 11) is 4.04. The Balaban J connectivity index is 2.04. The first-order valence-electron chi connectivity index (χ1n) is 6.97. The largest absolute Gasteiger partial charge is 0.378 e. The second-order valence-corrected chi connectivity index (χ2v) is 5.03. The van der Waals surface area contributed by atoms with E-state index in [1.165, 1.54) is 12.0 Å². The summed E-state index contributed by atoms with van der Waals surface area (Å²) in [6.45, 7) is 2.19. The van der Waals surface area contributed by atoms with Crippen LogP contribution in [0.25, 0.3) is 0 Å². The van der Waals surface area contributed by atoms with Gasteiger partial charge in [-0.2, -0.15) is 10.2 Å². The van der Waals surface area contributed by atoms with Crippen LogP contribution in [0.3, 0.4) is 0 Å². The molecule has 0 saturated heterocycles. The zero-order chi connectivity index (χ0) is 14.4. The molecule has 0 amide bonds. The molecule has 0 saturated carbocycles. The van der Waals surface area contributed by atoms with Crippen LogP contribution in [0, 0.1) is 0 Å². The SMILES string of the molecule is CCCc1ccc(N=Nc2ccc(N(C)C)cc2)cc1. The average molecular weight is 267 g/mol. The van der Waals surface area contributed by atoms with Gasteiger partial charge in [-0.15, -0.1) is 0 Å². The maximum Gasteiger partial charge on any atom is 0.0858 e. The van der Waals surface area contributed by atoms with E-state index in [9.17, 15) is 0 Å². The van der Waals surface area contributed by atoms with Crippen molar-refractivity contribution in [3.63, 3.8) is 0 Å². The summed E-state index contributed by atoms with van der Waals surface area (Å²) in [6.07, 6.45) is 2.28. The van der Waals surface area contributed by atoms with Gasteiger partial charge in [0.2, 0.25) is 0 Å². The van der Waals surface area contributed by atoms with Gasteiger partial charge in [0, 0.05) is 19.8 Å². The molecule has 0 radical (unpaired) electrons. The lowest BCUT2D eigenvalue weighted by molar-refractivity contribution is 0.922. The van der Waals surface area contributed by atoms with Crippen LogP contribution in [0.5, 0.6) is 0 Å². The summed E-state index contributed by atoms with van der Waals surface area (Å²) < 4.78 is 0. The molecule has 0 spiro atoms. The molecule has 0 aliphatic rings. The summed E-state index contributed by atoms with van der Waals surface area (Å²) in [6, 6.07) is 16.3. The molecule has 0 N–H and O–H groups in total. The predicted octanol–water partition coefficient (Wildman–Crippen LogP) is 5.12. The van der Waals surface area contributed by atoms with Crippen LogP contribution in [0.1, 0.15) is 18.9 Å². The van der Waals surface area contributed by atoms with Crippen LogP contribution in [0.4, 0.5) is 17.1 Å². The van der Waals surface area contributed by atoms with Crippen LogP contribution in [0.15, 0.2) is 58.8 Å². The van der Waals surface area contributed by atoms with Crippen molar-refractivity contribution < 1.29 is 0 Å². The molecule has 0 heterocycles. The Kier molecular flexibility index (Phi) is 4.88. The normalized spacial score (nSPS) is 10.9. The zero-order valence-electron chi connectivity index (χ0n) is 12.4. The molecule has 104 valence electrons. The lowest BCUT2D eigenvalue weighted by Crippen LogP contribution is -2.07. The maximum absolute atomic E-state index is 4.26. The monoisotopic (exact) mass is 267 g/mol. The molecule has 0 aromatic heterocycles. The van der Waals surface area contributed by atoms with Crippen LogP contribution >= 0.6 is 0 Å². The van der Waals surface area contributed by atoms with Gasteiger partial charge in [-0.25, -0.2) is 0 Å². The van der Waals surface area contributed by atoms with Gasteiger partial charge in [0.05, 0.1) is 11.4 Å². The van der Waals surface area contributed by atoms with E-state index in [1.807, 2.05) is 50.5 Å². The fourth-order valence-corrected chi connectivity index (χ4v) is 1.95. The minimum Gasteiger partial charge on any atom is -0.378 e. The molecular weight excluding hydrogens is 246 g/mol. The standard InChI is InChI=1S/C17H21N3/c1-4-5-14-6-8-15(9-7-14)18-19-16-10-12-17(13-11-16)20(2)3/h6-13H,4-5H2,1-3H3. The van der Waals surface area contributed by atoms with Crippen LogP contribution in [-0.2, 0) is 6.42 Å². The number of nitrogens with zero attached hydrogens (tertiary/aromatic N) is 3. The molecule has 0 bridgehead atoms. The molecule has 0 aliphatic heterocycles. The van der Waals surface area contributed by atoms with E-state index in [0.29, 0.717) is 0 Å². The van der Waals surface area contributed by atoms with Gasteiger partial charge in [0.15, 0.2) is 0 Å². The second-order valence-electron chi connectivity index (χ2n) is 5.03. The van der Waals surface area contributed by atoms with Crippen LogP contribution in [-0.4, -0.2) is 14.1 Å². The number of rotatable bonds is 5. The molecular formula is C17H21N3. The smallest absolute Gasteiger partial charge is 0.0858 e. The van der Waals surface area contributed by atoms with Crippen molar-refractivity contribution in [2.45, 2.75) is 19.8 Å². The Labute approximate surface area is 121 Å². The van der Waals surface area contributed by atoms with Gasteiger partial charge in [-0.05, 0) is 48.4 Å². The predicted molar refractivity (Wildman–Crippen MR) is 85.4 cm³/mol. The Morgan fingerprint density at radius 1 is 0.800 bits per heavy atom. The van der Waals surface area contributed by atoms with E-state index in [1.54, 1.807) is 0 Å². The lowest BCUT2D eigenvalue weighted by Gasteiger charge is -2.11. The van der Waals surface area contributed by atoms with Crippen molar-refractivity contribution >= 4 is 17.1 Å². The first kappa shape index (κ1) is 14.3. The number of anilines is 1. The molecule has 2 aromatic carbocycles. The van der Waals surface area contributed by atoms with E-state index in [-0.39, 0.29) is 0 Å². The van der Waals surface area contributed by atoms with Gasteiger partial charge >= 0.3 is 0 Å². The summed E-state index contributed by atoms with van der Waals surface area (Å²) in [5, 5.41) is 8.52. The molecule has 0 atom stereocenters. The molecule has 2 aromatic rings. The molecule has 3 nitrogen and oxygen atoms in total. The minimum atomic E-state index is 0.869. The van der Waals surface area contributed by atoms with Crippen LogP contribution in [0.2, 0.25) is 0 Å². The summed E-state index contributed by atoms with van der Waals surface area (Å²) in [5.74, 6) is 0. The van der Waals surface area contributed by atoms with Crippen molar-refractivity contribution in [2.75, 3.05) is 19.0 Å². The quantitative estimate of drug-likeness (QED) is 0.691. The fraction of sp³-hybridized carbons (Fsp3) is 0.294. The average Bonchev–Trinajstić information content (AvgIpc) is 2.47. The lowest BCUT2D eigenvalue weighted by atomic mass is 10.1. The molecule has 3 heteroatoms. The number of aryl methyl sites for hydroxylation is 1. The first-order valence-corrected chi connectivity index (χ1v) is 6.97. The number of azo groups is 1. The molecule has 0 aliphatic carbocycles. The Morgan fingerprint density at radius 2 is 1.30 bits per heavy atom. The van der Waals surface area contributed by atoms with Gasteiger partial charge in [-0.3, -0.25) is 0 Å². The van der Waals surface area contributed by atoms with E-state index >= 15 is 0 Å². The minimum absolute atomic E-state index is 0.869. The highest BCUT2D eigenvalue weighted by Crippen LogP contribution is 2.21. The van der Waals surface area contributed by atoms with E-state index in [4.69, 9.17) is 0 Å². The van der Waals surface area contributed by atoms with E-state index in [0.717, 1.165) is 23.5 Å².